The average molecular weight is 228 g/mol. The molecule has 0 bridgehead atoms. The summed E-state index contributed by atoms with van der Waals surface area (Å²) in [6, 6.07) is 4.33. The van der Waals surface area contributed by atoms with Gasteiger partial charge in [0.05, 0.1) is 0 Å². The standard InChI is InChI=1S/C10H12O4S/c1-7(11)6-8-4-3-5-9(12)10(8)15(2,13)14/h3-5,12H,6H2,1-2H3. The van der Waals surface area contributed by atoms with Gasteiger partial charge in [-0.25, -0.2) is 8.42 Å². The SMILES string of the molecule is CC(=O)Cc1cccc(O)c1S(C)(=O)=O. The molecule has 1 aromatic rings. The van der Waals surface area contributed by atoms with Crippen LogP contribution < -0.4 is 0 Å². The van der Waals surface area contributed by atoms with Gasteiger partial charge in [0.1, 0.15) is 16.4 Å². The predicted octanol–water partition coefficient (Wildman–Crippen LogP) is 0.927. The van der Waals surface area contributed by atoms with Gasteiger partial charge in [0.15, 0.2) is 9.84 Å². The first-order valence-corrected chi connectivity index (χ1v) is 6.22. The van der Waals surface area contributed by atoms with E-state index in [1.807, 2.05) is 0 Å². The first kappa shape index (κ1) is 11.7. The summed E-state index contributed by atoms with van der Waals surface area (Å²) in [4.78, 5) is 10.8. The number of aromatic hydroxyl groups is 1. The zero-order valence-electron chi connectivity index (χ0n) is 8.52. The van der Waals surface area contributed by atoms with Gasteiger partial charge in [0, 0.05) is 12.7 Å². The van der Waals surface area contributed by atoms with Gasteiger partial charge >= 0.3 is 0 Å². The van der Waals surface area contributed by atoms with Crippen LogP contribution in [0.5, 0.6) is 5.75 Å². The lowest BCUT2D eigenvalue weighted by molar-refractivity contribution is -0.116. The number of carbonyl (C=O) groups excluding carboxylic acids is 1. The molecule has 0 aliphatic rings. The van der Waals surface area contributed by atoms with Crippen LogP contribution in [0.25, 0.3) is 0 Å². The number of phenols is 1. The van der Waals surface area contributed by atoms with Crippen molar-refractivity contribution in [1.29, 1.82) is 0 Å². The van der Waals surface area contributed by atoms with Crippen molar-refractivity contribution in [2.75, 3.05) is 6.26 Å². The molecule has 0 radical (unpaired) electrons. The highest BCUT2D eigenvalue weighted by Gasteiger charge is 2.18. The van der Waals surface area contributed by atoms with Gasteiger partial charge in [0.2, 0.25) is 0 Å². The largest absolute Gasteiger partial charge is 0.507 e. The number of benzene rings is 1. The molecule has 0 heterocycles. The minimum atomic E-state index is -3.51. The lowest BCUT2D eigenvalue weighted by atomic mass is 10.1. The lowest BCUT2D eigenvalue weighted by Crippen LogP contribution is -2.06. The van der Waals surface area contributed by atoms with Gasteiger partial charge in [0.25, 0.3) is 0 Å². The van der Waals surface area contributed by atoms with E-state index in [4.69, 9.17) is 0 Å². The zero-order chi connectivity index (χ0) is 11.6. The Kier molecular flexibility index (Phi) is 3.14. The molecule has 0 amide bonds. The molecule has 0 aromatic heterocycles. The monoisotopic (exact) mass is 228 g/mol. The number of phenolic OH excluding ortho intramolecular Hbond substituents is 1. The van der Waals surface area contributed by atoms with E-state index in [1.165, 1.54) is 25.1 Å². The lowest BCUT2D eigenvalue weighted by Gasteiger charge is -2.07. The number of sulfone groups is 1. The highest BCUT2D eigenvalue weighted by molar-refractivity contribution is 7.90. The molecule has 0 spiro atoms. The third-order valence-corrected chi connectivity index (χ3v) is 3.10. The highest BCUT2D eigenvalue weighted by Crippen LogP contribution is 2.26. The second-order valence-corrected chi connectivity index (χ2v) is 5.37. The number of ketones is 1. The van der Waals surface area contributed by atoms with Crippen LogP contribution in [0.4, 0.5) is 0 Å². The summed E-state index contributed by atoms with van der Waals surface area (Å²) in [7, 11) is -3.51. The number of Topliss-reactive ketones (excluding diaryl/α,β-unsaturated/α-hetero) is 1. The molecule has 0 fully saturated rings. The van der Waals surface area contributed by atoms with Crippen molar-refractivity contribution in [3.05, 3.63) is 23.8 Å². The van der Waals surface area contributed by atoms with Crippen molar-refractivity contribution in [3.8, 4) is 5.75 Å². The van der Waals surface area contributed by atoms with E-state index in [1.54, 1.807) is 0 Å². The summed E-state index contributed by atoms with van der Waals surface area (Å²) in [5.74, 6) is -0.457. The fourth-order valence-electron chi connectivity index (χ4n) is 1.41. The number of rotatable bonds is 3. The molecule has 0 saturated carbocycles. The maximum absolute atomic E-state index is 11.4. The van der Waals surface area contributed by atoms with Gasteiger partial charge in [-0.2, -0.15) is 0 Å². The smallest absolute Gasteiger partial charge is 0.179 e. The van der Waals surface area contributed by atoms with Crippen LogP contribution in [0.3, 0.4) is 0 Å². The van der Waals surface area contributed by atoms with Crippen molar-refractivity contribution in [2.24, 2.45) is 0 Å². The van der Waals surface area contributed by atoms with Crippen LogP contribution in [-0.4, -0.2) is 25.6 Å². The summed E-state index contributed by atoms with van der Waals surface area (Å²) >= 11 is 0. The quantitative estimate of drug-likeness (QED) is 0.835. The molecule has 0 saturated heterocycles. The Morgan fingerprint density at radius 3 is 2.47 bits per heavy atom. The second-order valence-electron chi connectivity index (χ2n) is 3.42. The zero-order valence-corrected chi connectivity index (χ0v) is 9.34. The Labute approximate surface area is 88.5 Å². The second kappa shape index (κ2) is 4.02. The Bertz CT molecular complexity index is 488. The van der Waals surface area contributed by atoms with Crippen LogP contribution in [0.15, 0.2) is 23.1 Å². The highest BCUT2D eigenvalue weighted by atomic mass is 32.2. The van der Waals surface area contributed by atoms with Gasteiger partial charge in [-0.3, -0.25) is 4.79 Å². The predicted molar refractivity (Wildman–Crippen MR) is 55.6 cm³/mol. The summed E-state index contributed by atoms with van der Waals surface area (Å²) in [5, 5.41) is 9.45. The molecular weight excluding hydrogens is 216 g/mol. The Balaban J connectivity index is 3.40. The van der Waals surface area contributed by atoms with Crippen LogP contribution in [-0.2, 0) is 21.1 Å². The van der Waals surface area contributed by atoms with Gasteiger partial charge in [-0.1, -0.05) is 12.1 Å². The van der Waals surface area contributed by atoms with Crippen LogP contribution in [0.1, 0.15) is 12.5 Å². The van der Waals surface area contributed by atoms with E-state index in [-0.39, 0.29) is 22.8 Å². The molecule has 0 unspecified atom stereocenters. The van der Waals surface area contributed by atoms with Crippen molar-refractivity contribution in [2.45, 2.75) is 18.2 Å². The summed E-state index contributed by atoms with van der Waals surface area (Å²) in [6.45, 7) is 1.37. The van der Waals surface area contributed by atoms with Crippen molar-refractivity contribution in [3.63, 3.8) is 0 Å². The van der Waals surface area contributed by atoms with E-state index in [9.17, 15) is 18.3 Å². The Morgan fingerprint density at radius 2 is 2.00 bits per heavy atom. The van der Waals surface area contributed by atoms with Crippen LogP contribution in [0, 0.1) is 0 Å². The molecule has 0 atom stereocenters. The Morgan fingerprint density at radius 1 is 1.40 bits per heavy atom. The van der Waals surface area contributed by atoms with E-state index in [2.05, 4.69) is 0 Å². The fraction of sp³-hybridized carbons (Fsp3) is 0.300. The topological polar surface area (TPSA) is 71.4 Å². The maximum atomic E-state index is 11.4. The number of carbonyl (C=O) groups is 1. The minimum absolute atomic E-state index is 0.0107. The number of hydrogen-bond donors (Lipinski definition) is 1. The first-order valence-electron chi connectivity index (χ1n) is 4.32. The van der Waals surface area contributed by atoms with E-state index < -0.39 is 9.84 Å². The van der Waals surface area contributed by atoms with E-state index in [0.717, 1.165) is 6.26 Å². The maximum Gasteiger partial charge on any atom is 0.179 e. The minimum Gasteiger partial charge on any atom is -0.507 e. The van der Waals surface area contributed by atoms with Gasteiger partial charge in [-0.05, 0) is 18.6 Å². The van der Waals surface area contributed by atoms with E-state index in [0.29, 0.717) is 5.56 Å². The molecule has 82 valence electrons. The van der Waals surface area contributed by atoms with Gasteiger partial charge < -0.3 is 5.11 Å². The molecule has 5 heteroatoms. The molecule has 1 aromatic carbocycles. The average Bonchev–Trinajstić information content (AvgIpc) is 1.99. The molecule has 1 rings (SSSR count). The van der Waals surface area contributed by atoms with Crippen molar-refractivity contribution < 1.29 is 18.3 Å². The summed E-state index contributed by atoms with van der Waals surface area (Å²) in [6.07, 6.45) is 1.02. The normalized spacial score (nSPS) is 11.3. The Hall–Kier alpha value is -1.36. The van der Waals surface area contributed by atoms with Crippen molar-refractivity contribution in [1.82, 2.24) is 0 Å². The molecule has 15 heavy (non-hydrogen) atoms. The summed E-state index contributed by atoms with van der Waals surface area (Å²) in [5.41, 5.74) is 0.338. The number of hydrogen-bond acceptors (Lipinski definition) is 4. The van der Waals surface area contributed by atoms with Crippen LogP contribution >= 0.6 is 0 Å². The molecular formula is C10H12O4S. The first-order chi connectivity index (χ1) is 6.82. The molecule has 0 aliphatic heterocycles. The molecule has 1 N–H and O–H groups in total. The fourth-order valence-corrected chi connectivity index (χ4v) is 2.47. The molecule has 0 aliphatic carbocycles. The summed E-state index contributed by atoms with van der Waals surface area (Å²) < 4.78 is 22.8. The van der Waals surface area contributed by atoms with Crippen LogP contribution in [0.2, 0.25) is 0 Å². The van der Waals surface area contributed by atoms with Gasteiger partial charge in [-0.15, -0.1) is 0 Å². The third kappa shape index (κ3) is 2.79. The molecule has 4 nitrogen and oxygen atoms in total. The van der Waals surface area contributed by atoms with Crippen molar-refractivity contribution >= 4 is 15.6 Å². The van der Waals surface area contributed by atoms with E-state index >= 15 is 0 Å². The third-order valence-electron chi connectivity index (χ3n) is 1.89.